The fourth-order valence-electron chi connectivity index (χ4n) is 4.03. The minimum atomic E-state index is -0.306. The van der Waals surface area contributed by atoms with E-state index < -0.39 is 0 Å². The highest BCUT2D eigenvalue weighted by Gasteiger charge is 2.26. The number of carbonyl (C=O) groups excluding carboxylic acids is 1. The summed E-state index contributed by atoms with van der Waals surface area (Å²) in [4.78, 5) is 19.6. The van der Waals surface area contributed by atoms with Crippen LogP contribution in [-0.4, -0.2) is 56.8 Å². The molecule has 1 aliphatic rings. The molecule has 1 fully saturated rings. The molecule has 4 heterocycles. The average Bonchev–Trinajstić information content (AvgIpc) is 3.32. The first-order valence-electron chi connectivity index (χ1n) is 11.0. The summed E-state index contributed by atoms with van der Waals surface area (Å²) in [6.45, 7) is 12.6. The Labute approximate surface area is 188 Å². The molecule has 0 bridgehead atoms. The first-order valence-corrected chi connectivity index (χ1v) is 11.0. The van der Waals surface area contributed by atoms with Crippen LogP contribution in [0.3, 0.4) is 0 Å². The third-order valence-electron chi connectivity index (χ3n) is 5.26. The number of fused-ring (bicyclic) bond motifs is 1. The molecule has 0 radical (unpaired) electrons. The van der Waals surface area contributed by atoms with Crippen LogP contribution < -0.4 is 20.3 Å². The topological polar surface area (TPSA) is 96.7 Å². The highest BCUT2D eigenvalue weighted by atomic mass is 16.5. The summed E-state index contributed by atoms with van der Waals surface area (Å²) in [7, 11) is 0. The molecule has 9 nitrogen and oxygen atoms in total. The Bertz CT molecular complexity index is 1100. The summed E-state index contributed by atoms with van der Waals surface area (Å²) >= 11 is 0. The van der Waals surface area contributed by atoms with Crippen LogP contribution in [-0.2, 0) is 0 Å². The number of amides is 1. The third kappa shape index (κ3) is 4.99. The summed E-state index contributed by atoms with van der Waals surface area (Å²) in [6.07, 6.45) is 4.66. The molecule has 0 aromatic carbocycles. The average molecular weight is 438 g/mol. The van der Waals surface area contributed by atoms with E-state index in [1.165, 1.54) is 0 Å². The summed E-state index contributed by atoms with van der Waals surface area (Å²) in [5, 5.41) is 15.0. The van der Waals surface area contributed by atoms with Gasteiger partial charge in [0, 0.05) is 43.1 Å². The van der Waals surface area contributed by atoms with E-state index in [4.69, 9.17) is 4.74 Å². The van der Waals surface area contributed by atoms with Crippen molar-refractivity contribution < 1.29 is 9.53 Å². The Morgan fingerprint density at radius 2 is 2.06 bits per heavy atom. The number of hydrogen-bond acceptors (Lipinski definition) is 7. The fraction of sp³-hybridized carbons (Fsp3) is 0.478. The van der Waals surface area contributed by atoms with Gasteiger partial charge in [-0.05, 0) is 53.2 Å². The van der Waals surface area contributed by atoms with E-state index >= 15 is 0 Å². The second-order valence-electron chi connectivity index (χ2n) is 9.19. The lowest BCUT2D eigenvalue weighted by Gasteiger charge is -2.26. The van der Waals surface area contributed by atoms with E-state index in [9.17, 15) is 4.79 Å². The largest absolute Gasteiger partial charge is 0.493 e. The molecule has 1 amide bonds. The molecule has 0 aliphatic carbocycles. The molecule has 2 N–H and O–H groups in total. The van der Waals surface area contributed by atoms with Gasteiger partial charge in [-0.1, -0.05) is 0 Å². The lowest BCUT2D eigenvalue weighted by atomic mass is 10.1. The maximum atomic E-state index is 13.0. The number of rotatable bonds is 6. The standard InChI is InChI=1S/C23H31N7O2/c1-6-32-18-11-21-24-15(2)12-30(21)14-17(18)22(31)25-19-7-8-20(28-27-19)29-10-9-16(13-29)26-23(3,4)5/h7-8,11-12,14,16,26H,6,9-10,13H2,1-5H3,(H,25,27,31)/t16-/m0/s1. The number of hydrogen-bond donors (Lipinski definition) is 2. The van der Waals surface area contributed by atoms with Crippen LogP contribution in [0, 0.1) is 6.92 Å². The Kier molecular flexibility index (Phi) is 6.01. The molecule has 9 heteroatoms. The predicted molar refractivity (Wildman–Crippen MR) is 125 cm³/mol. The number of aromatic nitrogens is 4. The summed E-state index contributed by atoms with van der Waals surface area (Å²) < 4.78 is 7.50. The van der Waals surface area contributed by atoms with Gasteiger partial charge in [0.15, 0.2) is 11.6 Å². The SMILES string of the molecule is CCOc1cc2nc(C)cn2cc1C(=O)Nc1ccc(N2CC[C@H](NC(C)(C)C)C2)nn1. The maximum absolute atomic E-state index is 13.0. The Hall–Kier alpha value is -3.20. The molecule has 1 saturated heterocycles. The first kappa shape index (κ1) is 22.0. The van der Waals surface area contributed by atoms with E-state index in [1.54, 1.807) is 18.3 Å². The maximum Gasteiger partial charge on any atom is 0.262 e. The van der Waals surface area contributed by atoms with Crippen LogP contribution in [0.5, 0.6) is 5.75 Å². The van der Waals surface area contributed by atoms with E-state index in [-0.39, 0.29) is 11.4 Å². The number of imidazole rings is 1. The molecular formula is C23H31N7O2. The summed E-state index contributed by atoms with van der Waals surface area (Å²) in [5.74, 6) is 1.39. The first-order chi connectivity index (χ1) is 15.2. The van der Waals surface area contributed by atoms with Crippen LogP contribution in [0.1, 0.15) is 50.2 Å². The van der Waals surface area contributed by atoms with Gasteiger partial charge in [-0.3, -0.25) is 4.79 Å². The highest BCUT2D eigenvalue weighted by molar-refractivity contribution is 6.05. The van der Waals surface area contributed by atoms with Gasteiger partial charge in [0.2, 0.25) is 0 Å². The second kappa shape index (κ2) is 8.74. The minimum Gasteiger partial charge on any atom is -0.493 e. The smallest absolute Gasteiger partial charge is 0.262 e. The number of aryl methyl sites for hydroxylation is 1. The van der Waals surface area contributed by atoms with Gasteiger partial charge in [-0.25, -0.2) is 4.98 Å². The lowest BCUT2D eigenvalue weighted by Crippen LogP contribution is -2.45. The fourth-order valence-corrected chi connectivity index (χ4v) is 4.03. The molecular weight excluding hydrogens is 406 g/mol. The van der Waals surface area contributed by atoms with Crippen LogP contribution in [0.25, 0.3) is 5.65 Å². The van der Waals surface area contributed by atoms with Gasteiger partial charge in [0.05, 0.1) is 17.9 Å². The molecule has 0 saturated carbocycles. The van der Waals surface area contributed by atoms with E-state index in [2.05, 4.69) is 51.5 Å². The van der Waals surface area contributed by atoms with Crippen LogP contribution in [0.2, 0.25) is 0 Å². The van der Waals surface area contributed by atoms with Crippen molar-refractivity contribution in [2.75, 3.05) is 29.9 Å². The Morgan fingerprint density at radius 3 is 2.75 bits per heavy atom. The summed E-state index contributed by atoms with van der Waals surface area (Å²) in [6, 6.07) is 5.88. The molecule has 0 unspecified atom stereocenters. The molecule has 4 rings (SSSR count). The van der Waals surface area contributed by atoms with Gasteiger partial charge in [-0.15, -0.1) is 10.2 Å². The number of carbonyl (C=O) groups is 1. The quantitative estimate of drug-likeness (QED) is 0.612. The number of ether oxygens (including phenoxy) is 1. The number of nitrogens with zero attached hydrogens (tertiary/aromatic N) is 5. The number of anilines is 2. The van der Waals surface area contributed by atoms with Gasteiger partial charge >= 0.3 is 0 Å². The highest BCUT2D eigenvalue weighted by Crippen LogP contribution is 2.24. The second-order valence-corrected chi connectivity index (χ2v) is 9.19. The molecule has 1 aliphatic heterocycles. The zero-order valence-corrected chi connectivity index (χ0v) is 19.3. The molecule has 32 heavy (non-hydrogen) atoms. The van der Waals surface area contributed by atoms with E-state index in [0.29, 0.717) is 29.8 Å². The van der Waals surface area contributed by atoms with Gasteiger partial charge in [-0.2, -0.15) is 0 Å². The monoisotopic (exact) mass is 437 g/mol. The molecule has 3 aromatic heterocycles. The van der Waals surface area contributed by atoms with Crippen molar-refractivity contribution in [3.8, 4) is 5.75 Å². The van der Waals surface area contributed by atoms with Crippen LogP contribution >= 0.6 is 0 Å². The van der Waals surface area contributed by atoms with Crippen molar-refractivity contribution in [3.63, 3.8) is 0 Å². The Morgan fingerprint density at radius 1 is 1.25 bits per heavy atom. The van der Waals surface area contributed by atoms with Gasteiger partial charge < -0.3 is 24.7 Å². The minimum absolute atomic E-state index is 0.0826. The van der Waals surface area contributed by atoms with Crippen molar-refractivity contribution in [3.05, 3.63) is 41.9 Å². The Balaban J connectivity index is 1.46. The van der Waals surface area contributed by atoms with E-state index in [0.717, 1.165) is 36.7 Å². The zero-order chi connectivity index (χ0) is 22.9. The van der Waals surface area contributed by atoms with Gasteiger partial charge in [0.25, 0.3) is 5.91 Å². The van der Waals surface area contributed by atoms with Gasteiger partial charge in [0.1, 0.15) is 11.4 Å². The van der Waals surface area contributed by atoms with Crippen molar-refractivity contribution >= 4 is 23.2 Å². The molecule has 1 atom stereocenters. The van der Waals surface area contributed by atoms with Crippen molar-refractivity contribution in [2.24, 2.45) is 0 Å². The lowest BCUT2D eigenvalue weighted by molar-refractivity contribution is 0.102. The number of pyridine rings is 1. The third-order valence-corrected chi connectivity index (χ3v) is 5.26. The van der Waals surface area contributed by atoms with Crippen molar-refractivity contribution in [1.82, 2.24) is 24.9 Å². The van der Waals surface area contributed by atoms with Crippen molar-refractivity contribution in [2.45, 2.75) is 52.6 Å². The molecule has 3 aromatic rings. The van der Waals surface area contributed by atoms with Crippen LogP contribution in [0.4, 0.5) is 11.6 Å². The van der Waals surface area contributed by atoms with Crippen LogP contribution in [0.15, 0.2) is 30.6 Å². The predicted octanol–water partition coefficient (Wildman–Crippen LogP) is 3.05. The normalized spacial score (nSPS) is 16.5. The number of nitrogens with one attached hydrogen (secondary N) is 2. The molecule has 170 valence electrons. The zero-order valence-electron chi connectivity index (χ0n) is 19.3. The van der Waals surface area contributed by atoms with Crippen molar-refractivity contribution in [1.29, 1.82) is 0 Å². The molecule has 0 spiro atoms. The van der Waals surface area contributed by atoms with E-state index in [1.807, 2.05) is 30.5 Å². The summed E-state index contributed by atoms with van der Waals surface area (Å²) in [5.41, 5.74) is 2.10.